The highest BCUT2D eigenvalue weighted by Gasteiger charge is 2.21. The average Bonchev–Trinajstić information content (AvgIpc) is 2.49. The van der Waals surface area contributed by atoms with Gasteiger partial charge in [0.2, 0.25) is 0 Å². The lowest BCUT2D eigenvalue weighted by atomic mass is 10.0. The highest BCUT2D eigenvalue weighted by atomic mass is 16.1. The van der Waals surface area contributed by atoms with Gasteiger partial charge in [0.1, 0.15) is 0 Å². The number of nitrogen functional groups attached to an aromatic ring is 1. The molecule has 1 aliphatic heterocycles. The zero-order chi connectivity index (χ0) is 15.2. The smallest absolute Gasteiger partial charge is 0.251 e. The Morgan fingerprint density at radius 1 is 1.38 bits per heavy atom. The van der Waals surface area contributed by atoms with Gasteiger partial charge in [-0.2, -0.15) is 0 Å². The van der Waals surface area contributed by atoms with Crippen LogP contribution in [0.15, 0.2) is 18.2 Å². The fraction of sp³-hybridized carbons (Fsp3) is 0.588. The maximum absolute atomic E-state index is 12.4. The second kappa shape index (κ2) is 7.46. The third-order valence-corrected chi connectivity index (χ3v) is 4.26. The lowest BCUT2D eigenvalue weighted by Crippen LogP contribution is -2.45. The van der Waals surface area contributed by atoms with Crippen molar-refractivity contribution in [2.24, 2.45) is 0 Å². The lowest BCUT2D eigenvalue weighted by molar-refractivity contribution is 0.0910. The van der Waals surface area contributed by atoms with Crippen molar-refractivity contribution in [3.63, 3.8) is 0 Å². The molecule has 3 N–H and O–H groups in total. The van der Waals surface area contributed by atoms with Crippen LogP contribution in [0.25, 0.3) is 0 Å². The zero-order valence-corrected chi connectivity index (χ0v) is 13.2. The van der Waals surface area contributed by atoms with Crippen molar-refractivity contribution in [1.82, 2.24) is 10.2 Å². The number of aryl methyl sites for hydroxylation is 1. The van der Waals surface area contributed by atoms with Gasteiger partial charge in [0.15, 0.2) is 0 Å². The molecule has 0 radical (unpaired) electrons. The summed E-state index contributed by atoms with van der Waals surface area (Å²) in [6.45, 7) is 7.52. The number of anilines is 1. The van der Waals surface area contributed by atoms with Gasteiger partial charge in [-0.25, -0.2) is 0 Å². The van der Waals surface area contributed by atoms with Crippen LogP contribution >= 0.6 is 0 Å². The minimum atomic E-state index is 0.00630. The van der Waals surface area contributed by atoms with Crippen LogP contribution in [0.2, 0.25) is 0 Å². The van der Waals surface area contributed by atoms with Crippen molar-refractivity contribution < 1.29 is 4.79 Å². The molecule has 0 saturated carbocycles. The Balaban J connectivity index is 1.85. The molecule has 0 aliphatic carbocycles. The summed E-state index contributed by atoms with van der Waals surface area (Å²) >= 11 is 0. The van der Waals surface area contributed by atoms with Gasteiger partial charge >= 0.3 is 0 Å². The van der Waals surface area contributed by atoms with Gasteiger partial charge in [-0.1, -0.05) is 19.4 Å². The van der Waals surface area contributed by atoms with Crippen molar-refractivity contribution in [3.05, 3.63) is 29.3 Å². The summed E-state index contributed by atoms with van der Waals surface area (Å²) in [7, 11) is 0. The van der Waals surface area contributed by atoms with Gasteiger partial charge in [0, 0.05) is 30.4 Å². The minimum absolute atomic E-state index is 0.00630. The Morgan fingerprint density at radius 2 is 2.10 bits per heavy atom. The van der Waals surface area contributed by atoms with Crippen molar-refractivity contribution >= 4 is 11.6 Å². The summed E-state index contributed by atoms with van der Waals surface area (Å²) in [4.78, 5) is 14.9. The van der Waals surface area contributed by atoms with E-state index in [0.717, 1.165) is 31.5 Å². The molecule has 2 rings (SSSR count). The molecule has 1 aromatic rings. The van der Waals surface area contributed by atoms with E-state index in [-0.39, 0.29) is 11.9 Å². The fourth-order valence-corrected chi connectivity index (χ4v) is 2.83. The Morgan fingerprint density at radius 3 is 2.76 bits per heavy atom. The molecule has 21 heavy (non-hydrogen) atoms. The number of carbonyl (C=O) groups is 1. The molecular weight excluding hydrogens is 262 g/mol. The number of nitrogens with one attached hydrogen (secondary N) is 1. The van der Waals surface area contributed by atoms with Crippen LogP contribution in [0.3, 0.4) is 0 Å². The number of rotatable bonds is 5. The van der Waals surface area contributed by atoms with Gasteiger partial charge in [0.25, 0.3) is 5.91 Å². The first-order valence-corrected chi connectivity index (χ1v) is 7.99. The summed E-state index contributed by atoms with van der Waals surface area (Å²) in [6.07, 6.45) is 4.58. The van der Waals surface area contributed by atoms with Gasteiger partial charge < -0.3 is 16.0 Å². The van der Waals surface area contributed by atoms with Gasteiger partial charge in [-0.3, -0.25) is 4.79 Å². The molecule has 116 valence electrons. The van der Waals surface area contributed by atoms with Crippen molar-refractivity contribution in [3.8, 4) is 0 Å². The van der Waals surface area contributed by atoms with E-state index in [1.807, 2.05) is 19.1 Å². The lowest BCUT2D eigenvalue weighted by Gasteiger charge is -2.32. The van der Waals surface area contributed by atoms with Crippen LogP contribution < -0.4 is 11.1 Å². The number of hydrogen-bond donors (Lipinski definition) is 2. The molecule has 1 saturated heterocycles. The van der Waals surface area contributed by atoms with Gasteiger partial charge in [-0.15, -0.1) is 0 Å². The molecule has 1 aromatic carbocycles. The monoisotopic (exact) mass is 289 g/mol. The Bertz CT molecular complexity index is 479. The largest absolute Gasteiger partial charge is 0.399 e. The number of benzene rings is 1. The van der Waals surface area contributed by atoms with Crippen LogP contribution in [0.4, 0.5) is 5.69 Å². The fourth-order valence-electron chi connectivity index (χ4n) is 2.83. The predicted molar refractivity (Wildman–Crippen MR) is 87.4 cm³/mol. The summed E-state index contributed by atoms with van der Waals surface area (Å²) in [5, 5.41) is 3.16. The van der Waals surface area contributed by atoms with E-state index in [1.165, 1.54) is 19.4 Å². The van der Waals surface area contributed by atoms with Crippen LogP contribution in [0.5, 0.6) is 0 Å². The maximum atomic E-state index is 12.4. The molecule has 0 atom stereocenters. The zero-order valence-electron chi connectivity index (χ0n) is 13.2. The van der Waals surface area contributed by atoms with E-state index in [4.69, 9.17) is 5.73 Å². The van der Waals surface area contributed by atoms with E-state index in [9.17, 15) is 4.79 Å². The summed E-state index contributed by atoms with van der Waals surface area (Å²) in [6, 6.07) is 5.79. The van der Waals surface area contributed by atoms with E-state index >= 15 is 0 Å². The first-order chi connectivity index (χ1) is 10.1. The van der Waals surface area contributed by atoms with Crippen LogP contribution in [0.1, 0.15) is 48.5 Å². The first-order valence-electron chi connectivity index (χ1n) is 7.99. The number of nitrogens with zero attached hydrogens (tertiary/aromatic N) is 1. The molecular formula is C17H27N3O. The summed E-state index contributed by atoms with van der Waals surface area (Å²) < 4.78 is 0. The third kappa shape index (κ3) is 4.46. The SMILES string of the molecule is CCCCN1CCC(NC(=O)c2cc(N)ccc2C)CC1. The number of carbonyl (C=O) groups excluding carboxylic acids is 1. The highest BCUT2D eigenvalue weighted by Crippen LogP contribution is 2.15. The quantitative estimate of drug-likeness (QED) is 0.819. The Hall–Kier alpha value is -1.55. The number of hydrogen-bond acceptors (Lipinski definition) is 3. The minimum Gasteiger partial charge on any atom is -0.399 e. The molecule has 4 heteroatoms. The number of piperidine rings is 1. The molecule has 0 unspecified atom stereocenters. The molecule has 1 aliphatic rings. The third-order valence-electron chi connectivity index (χ3n) is 4.26. The van der Waals surface area contributed by atoms with Crippen LogP contribution in [0, 0.1) is 6.92 Å². The molecule has 4 nitrogen and oxygen atoms in total. The van der Waals surface area contributed by atoms with E-state index in [1.54, 1.807) is 6.07 Å². The number of unbranched alkanes of at least 4 members (excludes halogenated alkanes) is 1. The highest BCUT2D eigenvalue weighted by molar-refractivity contribution is 5.96. The number of amides is 1. The second-order valence-corrected chi connectivity index (χ2v) is 6.02. The van der Waals surface area contributed by atoms with E-state index in [2.05, 4.69) is 17.1 Å². The molecule has 1 amide bonds. The number of likely N-dealkylation sites (tertiary alicyclic amines) is 1. The Kier molecular flexibility index (Phi) is 5.62. The summed E-state index contributed by atoms with van der Waals surface area (Å²) in [5.41, 5.74) is 8.09. The van der Waals surface area contributed by atoms with Crippen molar-refractivity contribution in [2.45, 2.75) is 45.6 Å². The maximum Gasteiger partial charge on any atom is 0.251 e. The molecule has 0 bridgehead atoms. The topological polar surface area (TPSA) is 58.4 Å². The number of nitrogens with two attached hydrogens (primary N) is 1. The van der Waals surface area contributed by atoms with E-state index < -0.39 is 0 Å². The molecule has 1 fully saturated rings. The van der Waals surface area contributed by atoms with Gasteiger partial charge in [0.05, 0.1) is 0 Å². The summed E-state index contributed by atoms with van der Waals surface area (Å²) in [5.74, 6) is 0.00630. The predicted octanol–water partition coefficient (Wildman–Crippen LogP) is 2.57. The first kappa shape index (κ1) is 15.8. The molecule has 1 heterocycles. The van der Waals surface area contributed by atoms with Crippen LogP contribution in [-0.2, 0) is 0 Å². The molecule has 0 aromatic heterocycles. The van der Waals surface area contributed by atoms with Gasteiger partial charge in [-0.05, 0) is 50.4 Å². The Labute approximate surface area is 127 Å². The normalized spacial score (nSPS) is 16.9. The molecule has 0 spiro atoms. The van der Waals surface area contributed by atoms with Crippen molar-refractivity contribution in [1.29, 1.82) is 0 Å². The second-order valence-electron chi connectivity index (χ2n) is 6.02. The van der Waals surface area contributed by atoms with E-state index in [0.29, 0.717) is 11.3 Å². The van der Waals surface area contributed by atoms with Crippen molar-refractivity contribution in [2.75, 3.05) is 25.4 Å². The van der Waals surface area contributed by atoms with Crippen LogP contribution in [-0.4, -0.2) is 36.5 Å². The standard InChI is InChI=1S/C17H27N3O/c1-3-4-9-20-10-7-15(8-11-20)19-17(21)16-12-14(18)6-5-13(16)2/h5-6,12,15H,3-4,7-11,18H2,1-2H3,(H,19,21). The average molecular weight is 289 g/mol.